The average Bonchev–Trinajstić information content (AvgIpc) is 3.18. The lowest BCUT2D eigenvalue weighted by Crippen LogP contribution is -2.36. The van der Waals surface area contributed by atoms with E-state index in [9.17, 15) is 4.79 Å². The molecule has 0 spiro atoms. The normalized spacial score (nSPS) is 20.5. The second kappa shape index (κ2) is 6.89. The number of hydrogen-bond donors (Lipinski definition) is 1. The Morgan fingerprint density at radius 3 is 3.00 bits per heavy atom. The Labute approximate surface area is 140 Å². The SMILES string of the molecule is Cn1ccnc1[C@@H]1OCCC[C@H]1CNC(=O)c1ccc(C#N)n1C. The van der Waals surface area contributed by atoms with Crippen LogP contribution in [0.1, 0.15) is 41.0 Å². The molecule has 3 heterocycles. The van der Waals surface area contributed by atoms with Gasteiger partial charge in [-0.15, -0.1) is 0 Å². The van der Waals surface area contributed by atoms with Crippen molar-refractivity contribution in [3.8, 4) is 6.07 Å². The Hall–Kier alpha value is -2.59. The fraction of sp³-hybridized carbons (Fsp3) is 0.471. The maximum absolute atomic E-state index is 12.4. The quantitative estimate of drug-likeness (QED) is 0.923. The van der Waals surface area contributed by atoms with Crippen LogP contribution in [-0.4, -0.2) is 33.2 Å². The first-order valence-electron chi connectivity index (χ1n) is 8.04. The van der Waals surface area contributed by atoms with Crippen molar-refractivity contribution >= 4 is 5.91 Å². The van der Waals surface area contributed by atoms with Crippen LogP contribution in [0, 0.1) is 17.2 Å². The molecule has 24 heavy (non-hydrogen) atoms. The summed E-state index contributed by atoms with van der Waals surface area (Å²) >= 11 is 0. The largest absolute Gasteiger partial charge is 0.370 e. The highest BCUT2D eigenvalue weighted by Gasteiger charge is 2.30. The molecule has 2 atom stereocenters. The van der Waals surface area contributed by atoms with E-state index in [0.29, 0.717) is 24.5 Å². The molecule has 1 saturated heterocycles. The Kier molecular flexibility index (Phi) is 4.67. The van der Waals surface area contributed by atoms with Gasteiger partial charge in [0.1, 0.15) is 29.4 Å². The van der Waals surface area contributed by atoms with Crippen LogP contribution < -0.4 is 5.32 Å². The maximum Gasteiger partial charge on any atom is 0.267 e. The number of hydrogen-bond acceptors (Lipinski definition) is 4. The van der Waals surface area contributed by atoms with Crippen LogP contribution in [-0.2, 0) is 18.8 Å². The van der Waals surface area contributed by atoms with Crippen molar-refractivity contribution in [1.29, 1.82) is 5.26 Å². The van der Waals surface area contributed by atoms with E-state index in [4.69, 9.17) is 10.00 Å². The van der Waals surface area contributed by atoms with Crippen molar-refractivity contribution in [3.05, 3.63) is 41.7 Å². The van der Waals surface area contributed by atoms with E-state index in [-0.39, 0.29) is 17.9 Å². The minimum absolute atomic E-state index is 0.109. The third-order valence-corrected chi connectivity index (χ3v) is 4.55. The molecule has 1 N–H and O–H groups in total. The van der Waals surface area contributed by atoms with Crippen LogP contribution in [0.25, 0.3) is 0 Å². The molecule has 2 aromatic rings. The molecule has 0 saturated carbocycles. The summed E-state index contributed by atoms with van der Waals surface area (Å²) in [4.78, 5) is 16.8. The molecule has 1 fully saturated rings. The zero-order valence-electron chi connectivity index (χ0n) is 13.9. The van der Waals surface area contributed by atoms with E-state index in [0.717, 1.165) is 18.7 Å². The van der Waals surface area contributed by atoms with Gasteiger partial charge < -0.3 is 19.2 Å². The van der Waals surface area contributed by atoms with Crippen LogP contribution in [0.5, 0.6) is 0 Å². The lowest BCUT2D eigenvalue weighted by molar-refractivity contribution is -0.0338. The first-order chi connectivity index (χ1) is 11.6. The number of nitrogens with zero attached hydrogens (tertiary/aromatic N) is 4. The molecule has 126 valence electrons. The van der Waals surface area contributed by atoms with E-state index in [1.807, 2.05) is 17.8 Å². The monoisotopic (exact) mass is 327 g/mol. The molecule has 0 radical (unpaired) electrons. The fourth-order valence-corrected chi connectivity index (χ4v) is 3.15. The number of nitrogens with one attached hydrogen (secondary N) is 1. The van der Waals surface area contributed by atoms with Gasteiger partial charge in [-0.3, -0.25) is 4.79 Å². The number of imidazole rings is 1. The zero-order valence-corrected chi connectivity index (χ0v) is 13.9. The molecule has 1 amide bonds. The van der Waals surface area contributed by atoms with Crippen LogP contribution in [0.3, 0.4) is 0 Å². The van der Waals surface area contributed by atoms with Crippen molar-refractivity contribution in [3.63, 3.8) is 0 Å². The Bertz CT molecular complexity index is 770. The molecule has 2 aromatic heterocycles. The highest BCUT2D eigenvalue weighted by Crippen LogP contribution is 2.32. The second-order valence-electron chi connectivity index (χ2n) is 6.07. The van der Waals surface area contributed by atoms with Gasteiger partial charge in [0.25, 0.3) is 5.91 Å². The average molecular weight is 327 g/mol. The van der Waals surface area contributed by atoms with Gasteiger partial charge in [0.15, 0.2) is 0 Å². The maximum atomic E-state index is 12.4. The first-order valence-corrected chi connectivity index (χ1v) is 8.04. The minimum Gasteiger partial charge on any atom is -0.370 e. The van der Waals surface area contributed by atoms with Crippen LogP contribution >= 0.6 is 0 Å². The predicted octanol–water partition coefficient (Wildman–Crippen LogP) is 1.53. The number of nitriles is 1. The molecule has 7 heteroatoms. The molecule has 0 unspecified atom stereocenters. The van der Waals surface area contributed by atoms with Crippen molar-refractivity contribution in [1.82, 2.24) is 19.4 Å². The summed E-state index contributed by atoms with van der Waals surface area (Å²) in [6.45, 7) is 1.23. The number of rotatable bonds is 4. The lowest BCUT2D eigenvalue weighted by atomic mass is 9.93. The summed E-state index contributed by atoms with van der Waals surface area (Å²) in [5.74, 6) is 0.891. The minimum atomic E-state index is -0.178. The Balaban J connectivity index is 1.68. The molecular formula is C17H21N5O2. The molecule has 0 aliphatic carbocycles. The van der Waals surface area contributed by atoms with E-state index in [1.165, 1.54) is 0 Å². The summed E-state index contributed by atoms with van der Waals surface area (Å²) in [5.41, 5.74) is 0.948. The highest BCUT2D eigenvalue weighted by molar-refractivity contribution is 5.93. The number of aromatic nitrogens is 3. The van der Waals surface area contributed by atoms with Crippen molar-refractivity contribution in [2.24, 2.45) is 20.0 Å². The second-order valence-corrected chi connectivity index (χ2v) is 6.07. The number of amides is 1. The highest BCUT2D eigenvalue weighted by atomic mass is 16.5. The van der Waals surface area contributed by atoms with E-state index in [1.54, 1.807) is 29.9 Å². The summed E-state index contributed by atoms with van der Waals surface area (Å²) in [7, 11) is 3.66. The summed E-state index contributed by atoms with van der Waals surface area (Å²) in [5, 5.41) is 12.0. The summed E-state index contributed by atoms with van der Waals surface area (Å²) in [6.07, 6.45) is 5.51. The van der Waals surface area contributed by atoms with Crippen molar-refractivity contribution < 1.29 is 9.53 Å². The topological polar surface area (TPSA) is 84.9 Å². The predicted molar refractivity (Wildman–Crippen MR) is 87.1 cm³/mol. The smallest absolute Gasteiger partial charge is 0.267 e. The Morgan fingerprint density at radius 2 is 2.33 bits per heavy atom. The number of carbonyl (C=O) groups is 1. The number of ether oxygens (including phenoxy) is 1. The fourth-order valence-electron chi connectivity index (χ4n) is 3.15. The van der Waals surface area contributed by atoms with Gasteiger partial charge >= 0.3 is 0 Å². The van der Waals surface area contributed by atoms with Crippen LogP contribution in [0.4, 0.5) is 0 Å². The van der Waals surface area contributed by atoms with Gasteiger partial charge in [-0.2, -0.15) is 5.26 Å². The van der Waals surface area contributed by atoms with E-state index in [2.05, 4.69) is 16.4 Å². The molecule has 1 aliphatic heterocycles. The van der Waals surface area contributed by atoms with Crippen molar-refractivity contribution in [2.45, 2.75) is 18.9 Å². The lowest BCUT2D eigenvalue weighted by Gasteiger charge is -2.31. The van der Waals surface area contributed by atoms with Gasteiger partial charge in [0, 0.05) is 45.6 Å². The molecule has 3 rings (SSSR count). The molecule has 0 aromatic carbocycles. The molecule has 7 nitrogen and oxygen atoms in total. The van der Waals surface area contributed by atoms with Crippen LogP contribution in [0.2, 0.25) is 0 Å². The standard InChI is InChI=1S/C17H21N5O2/c1-21-8-7-19-16(21)15-12(4-3-9-24-15)11-20-17(23)14-6-5-13(10-18)22(14)2/h5-8,12,15H,3-4,9,11H2,1-2H3,(H,20,23)/t12-,15+/m0/s1. The first kappa shape index (κ1) is 16.3. The van der Waals surface area contributed by atoms with Gasteiger partial charge in [-0.1, -0.05) is 0 Å². The molecule has 1 aliphatic rings. The third kappa shape index (κ3) is 3.05. The molecular weight excluding hydrogens is 306 g/mol. The van der Waals surface area contributed by atoms with Gasteiger partial charge in [-0.25, -0.2) is 4.98 Å². The van der Waals surface area contributed by atoms with Gasteiger partial charge in [0.2, 0.25) is 0 Å². The molecule has 0 bridgehead atoms. The van der Waals surface area contributed by atoms with Gasteiger partial charge in [0.05, 0.1) is 0 Å². The summed E-state index contributed by atoms with van der Waals surface area (Å²) in [6, 6.07) is 5.38. The van der Waals surface area contributed by atoms with Gasteiger partial charge in [-0.05, 0) is 25.0 Å². The zero-order chi connectivity index (χ0) is 17.1. The number of carbonyl (C=O) groups excluding carboxylic acids is 1. The Morgan fingerprint density at radius 1 is 1.50 bits per heavy atom. The summed E-state index contributed by atoms with van der Waals surface area (Å²) < 4.78 is 9.48. The number of aryl methyl sites for hydroxylation is 1. The van der Waals surface area contributed by atoms with Crippen molar-refractivity contribution in [2.75, 3.05) is 13.2 Å². The third-order valence-electron chi connectivity index (χ3n) is 4.55. The van der Waals surface area contributed by atoms with E-state index >= 15 is 0 Å². The van der Waals surface area contributed by atoms with Crippen LogP contribution in [0.15, 0.2) is 24.5 Å². The van der Waals surface area contributed by atoms with E-state index < -0.39 is 0 Å².